The van der Waals surface area contributed by atoms with Crippen LogP contribution in [0.5, 0.6) is 0 Å². The Morgan fingerprint density at radius 2 is 2.10 bits per heavy atom. The number of hydrogen-bond donors (Lipinski definition) is 1. The number of benzene rings is 1. The SMILES string of the molecule is CC/C=C1\NCc2c1nc1cc(P)c(C)c3c1c2CCC3. The number of pyridine rings is 1. The highest BCUT2D eigenvalue weighted by Crippen LogP contribution is 2.37. The molecule has 2 aliphatic rings. The Bertz CT molecular complexity index is 790. The zero-order valence-corrected chi connectivity index (χ0v) is 13.9. The van der Waals surface area contributed by atoms with Gasteiger partial charge >= 0.3 is 0 Å². The number of rotatable bonds is 1. The van der Waals surface area contributed by atoms with Gasteiger partial charge in [-0.25, -0.2) is 4.98 Å². The van der Waals surface area contributed by atoms with Crippen molar-refractivity contribution < 1.29 is 0 Å². The third-order valence-electron chi connectivity index (χ3n) is 4.89. The Balaban J connectivity index is 2.10. The molecule has 1 aromatic heterocycles. The van der Waals surface area contributed by atoms with Gasteiger partial charge in [0.05, 0.1) is 16.9 Å². The van der Waals surface area contributed by atoms with Gasteiger partial charge in [0.15, 0.2) is 0 Å². The molecular formula is C18H21N2P. The van der Waals surface area contributed by atoms with Crippen LogP contribution >= 0.6 is 9.24 Å². The third kappa shape index (κ3) is 1.85. The average Bonchev–Trinajstić information content (AvgIpc) is 2.88. The number of fused-ring (bicyclic) bond motifs is 2. The molecule has 1 unspecified atom stereocenters. The van der Waals surface area contributed by atoms with Crippen molar-refractivity contribution in [3.8, 4) is 0 Å². The lowest BCUT2D eigenvalue weighted by Crippen LogP contribution is -2.12. The molecule has 0 saturated carbocycles. The van der Waals surface area contributed by atoms with Gasteiger partial charge in [-0.1, -0.05) is 13.0 Å². The van der Waals surface area contributed by atoms with E-state index in [0.717, 1.165) is 13.0 Å². The predicted octanol–water partition coefficient (Wildman–Crippen LogP) is 3.39. The second kappa shape index (κ2) is 4.81. The molecular weight excluding hydrogens is 275 g/mol. The van der Waals surface area contributed by atoms with Gasteiger partial charge in [-0.15, -0.1) is 9.24 Å². The molecule has 0 amide bonds. The molecule has 4 rings (SSSR count). The lowest BCUT2D eigenvalue weighted by molar-refractivity contribution is 0.788. The van der Waals surface area contributed by atoms with Crippen molar-refractivity contribution in [2.75, 3.05) is 0 Å². The summed E-state index contributed by atoms with van der Waals surface area (Å²) in [6.45, 7) is 5.38. The molecule has 1 aliphatic carbocycles. The fraction of sp³-hybridized carbons (Fsp3) is 0.389. The summed E-state index contributed by atoms with van der Waals surface area (Å²) in [6.07, 6.45) is 6.97. The van der Waals surface area contributed by atoms with Crippen LogP contribution in [0.3, 0.4) is 0 Å². The molecule has 1 aromatic carbocycles. The molecule has 1 aliphatic heterocycles. The van der Waals surface area contributed by atoms with Crippen molar-refractivity contribution >= 4 is 31.1 Å². The zero-order chi connectivity index (χ0) is 14.6. The zero-order valence-electron chi connectivity index (χ0n) is 12.7. The molecule has 0 saturated heterocycles. The minimum absolute atomic E-state index is 0.945. The fourth-order valence-corrected chi connectivity index (χ4v) is 4.17. The van der Waals surface area contributed by atoms with Gasteiger partial charge in [-0.05, 0) is 60.7 Å². The molecule has 21 heavy (non-hydrogen) atoms. The number of aromatic nitrogens is 1. The second-order valence-corrected chi connectivity index (χ2v) is 6.74. The summed E-state index contributed by atoms with van der Waals surface area (Å²) in [6, 6.07) is 2.25. The fourth-order valence-electron chi connectivity index (χ4n) is 3.83. The van der Waals surface area contributed by atoms with E-state index in [9.17, 15) is 0 Å². The first-order valence-electron chi connectivity index (χ1n) is 7.88. The van der Waals surface area contributed by atoms with E-state index in [1.54, 1.807) is 5.56 Å². The lowest BCUT2D eigenvalue weighted by Gasteiger charge is -2.22. The van der Waals surface area contributed by atoms with Crippen molar-refractivity contribution in [3.63, 3.8) is 0 Å². The maximum Gasteiger partial charge on any atom is 0.0918 e. The normalized spacial score (nSPS) is 18.1. The molecule has 2 aromatic rings. The highest BCUT2D eigenvalue weighted by molar-refractivity contribution is 7.27. The molecule has 1 N–H and O–H groups in total. The van der Waals surface area contributed by atoms with Gasteiger partial charge in [0, 0.05) is 17.5 Å². The first kappa shape index (κ1) is 13.3. The Kier molecular flexibility index (Phi) is 3.04. The minimum atomic E-state index is 0.945. The van der Waals surface area contributed by atoms with E-state index in [1.165, 1.54) is 63.6 Å². The van der Waals surface area contributed by atoms with Gasteiger partial charge in [-0.3, -0.25) is 0 Å². The number of hydrogen-bond acceptors (Lipinski definition) is 2. The quantitative estimate of drug-likeness (QED) is 0.816. The topological polar surface area (TPSA) is 24.9 Å². The summed E-state index contributed by atoms with van der Waals surface area (Å²) < 4.78 is 0. The Morgan fingerprint density at radius 3 is 2.90 bits per heavy atom. The first-order valence-corrected chi connectivity index (χ1v) is 8.46. The molecule has 2 nitrogen and oxygen atoms in total. The number of nitrogens with one attached hydrogen (secondary N) is 1. The van der Waals surface area contributed by atoms with Crippen LogP contribution in [0, 0.1) is 6.92 Å². The van der Waals surface area contributed by atoms with Crippen LogP contribution < -0.4 is 10.6 Å². The van der Waals surface area contributed by atoms with E-state index >= 15 is 0 Å². The summed E-state index contributed by atoms with van der Waals surface area (Å²) in [4.78, 5) is 5.02. The predicted molar refractivity (Wildman–Crippen MR) is 93.0 cm³/mol. The number of aryl methyl sites for hydroxylation is 2. The van der Waals surface area contributed by atoms with Crippen LogP contribution in [-0.2, 0) is 19.4 Å². The third-order valence-corrected chi connectivity index (χ3v) is 5.49. The summed E-state index contributed by atoms with van der Waals surface area (Å²) in [5.41, 5.74) is 9.56. The Labute approximate surface area is 128 Å². The van der Waals surface area contributed by atoms with Gasteiger partial charge in [0.2, 0.25) is 0 Å². The maximum absolute atomic E-state index is 5.02. The van der Waals surface area contributed by atoms with E-state index in [-0.39, 0.29) is 0 Å². The monoisotopic (exact) mass is 296 g/mol. The minimum Gasteiger partial charge on any atom is -0.379 e. The van der Waals surface area contributed by atoms with Crippen LogP contribution in [-0.4, -0.2) is 4.98 Å². The number of allylic oxidation sites excluding steroid dienone is 1. The Hall–Kier alpha value is -1.40. The van der Waals surface area contributed by atoms with E-state index < -0.39 is 0 Å². The molecule has 0 spiro atoms. The van der Waals surface area contributed by atoms with Gasteiger partial charge in [-0.2, -0.15) is 0 Å². The molecule has 108 valence electrons. The van der Waals surface area contributed by atoms with Crippen LogP contribution in [0.1, 0.15) is 47.7 Å². The lowest BCUT2D eigenvalue weighted by atomic mass is 9.85. The van der Waals surface area contributed by atoms with Crippen LogP contribution in [0.15, 0.2) is 12.1 Å². The second-order valence-electron chi connectivity index (χ2n) is 6.11. The van der Waals surface area contributed by atoms with Crippen LogP contribution in [0.4, 0.5) is 0 Å². The van der Waals surface area contributed by atoms with E-state index in [0.29, 0.717) is 0 Å². The number of nitrogens with zero attached hydrogens (tertiary/aromatic N) is 1. The van der Waals surface area contributed by atoms with Crippen molar-refractivity contribution in [2.45, 2.75) is 46.1 Å². The Morgan fingerprint density at radius 1 is 1.29 bits per heavy atom. The van der Waals surface area contributed by atoms with Crippen molar-refractivity contribution in [2.24, 2.45) is 0 Å². The van der Waals surface area contributed by atoms with Crippen molar-refractivity contribution in [3.05, 3.63) is 40.1 Å². The van der Waals surface area contributed by atoms with E-state index in [1.807, 2.05) is 0 Å². The van der Waals surface area contributed by atoms with E-state index in [2.05, 4.69) is 40.5 Å². The summed E-state index contributed by atoms with van der Waals surface area (Å²) >= 11 is 0. The largest absolute Gasteiger partial charge is 0.379 e. The van der Waals surface area contributed by atoms with Crippen molar-refractivity contribution in [1.82, 2.24) is 10.3 Å². The summed E-state index contributed by atoms with van der Waals surface area (Å²) in [7, 11) is 2.88. The summed E-state index contributed by atoms with van der Waals surface area (Å²) in [5, 5.41) is 6.28. The first-order chi connectivity index (χ1) is 10.2. The molecule has 0 bridgehead atoms. The smallest absolute Gasteiger partial charge is 0.0918 e. The molecule has 1 atom stereocenters. The maximum atomic E-state index is 5.02. The van der Waals surface area contributed by atoms with E-state index in [4.69, 9.17) is 4.98 Å². The standard InChI is InChI=1S/C18H21N2P/c1-3-5-14-18-13(9-19-14)12-7-4-6-11-10(2)16(21)8-15(20-18)17(11)12/h5,8,19H,3-4,6-7,9,21H2,1-2H3/b14-5-. The molecule has 0 radical (unpaired) electrons. The molecule has 3 heteroatoms. The van der Waals surface area contributed by atoms with Gasteiger partial charge in [0.1, 0.15) is 0 Å². The van der Waals surface area contributed by atoms with Crippen molar-refractivity contribution in [1.29, 1.82) is 0 Å². The summed E-state index contributed by atoms with van der Waals surface area (Å²) in [5.74, 6) is 0. The highest BCUT2D eigenvalue weighted by atomic mass is 31.0. The van der Waals surface area contributed by atoms with Crippen LogP contribution in [0.2, 0.25) is 0 Å². The van der Waals surface area contributed by atoms with Gasteiger partial charge < -0.3 is 5.32 Å². The van der Waals surface area contributed by atoms with Gasteiger partial charge in [0.25, 0.3) is 0 Å². The molecule has 2 heterocycles. The van der Waals surface area contributed by atoms with Crippen LogP contribution in [0.25, 0.3) is 16.6 Å². The molecule has 0 fully saturated rings. The average molecular weight is 296 g/mol. The highest BCUT2D eigenvalue weighted by Gasteiger charge is 2.26.